The summed E-state index contributed by atoms with van der Waals surface area (Å²) < 4.78 is 26.3. The highest BCUT2D eigenvalue weighted by atomic mass is 79.9. The molecule has 5 nitrogen and oxygen atoms in total. The van der Waals surface area contributed by atoms with Crippen molar-refractivity contribution in [2.45, 2.75) is 137 Å². The van der Waals surface area contributed by atoms with Gasteiger partial charge in [0.15, 0.2) is 0 Å². The predicted molar refractivity (Wildman–Crippen MR) is 155 cm³/mol. The summed E-state index contributed by atoms with van der Waals surface area (Å²) in [4.78, 5) is 0.612. The van der Waals surface area contributed by atoms with Crippen molar-refractivity contribution in [1.82, 2.24) is 0 Å². The fourth-order valence-corrected chi connectivity index (χ4v) is 13.5. The molecule has 1 N–H and O–H groups in total. The molecule has 4 aliphatic heterocycles. The fourth-order valence-electron chi connectivity index (χ4n) is 12.4. The van der Waals surface area contributed by atoms with Crippen molar-refractivity contribution in [2.75, 3.05) is 13.2 Å². The maximum atomic E-state index is 10.7. The van der Waals surface area contributed by atoms with Gasteiger partial charge >= 0.3 is 0 Å². The number of hydrogen-bond donors (Lipinski definition) is 1. The van der Waals surface area contributed by atoms with Crippen LogP contribution < -0.4 is 0 Å². The summed E-state index contributed by atoms with van der Waals surface area (Å²) in [7, 11) is 0. The van der Waals surface area contributed by atoms with Crippen molar-refractivity contribution in [3.05, 3.63) is 0 Å². The van der Waals surface area contributed by atoms with E-state index in [2.05, 4.69) is 15.9 Å². The number of aliphatic hydroxyl groups excluding tert-OH is 1. The van der Waals surface area contributed by atoms with E-state index < -0.39 is 0 Å². The first kappa shape index (κ1) is 26.7. The second-order valence-electron chi connectivity index (χ2n) is 16.1. The summed E-state index contributed by atoms with van der Waals surface area (Å²) in [5, 5.41) is 10.7. The first-order chi connectivity index (χ1) is 19.6. The van der Waals surface area contributed by atoms with Gasteiger partial charge in [0.1, 0.15) is 0 Å². The van der Waals surface area contributed by atoms with E-state index in [0.29, 0.717) is 65.1 Å². The van der Waals surface area contributed by atoms with Gasteiger partial charge in [-0.15, -0.1) is 0 Å². The van der Waals surface area contributed by atoms with Crippen molar-refractivity contribution in [3.8, 4) is 0 Å². The third-order valence-electron chi connectivity index (χ3n) is 14.3. The molecule has 0 bridgehead atoms. The smallest absolute Gasteiger partial charge is 0.0841 e. The fraction of sp³-hybridized carbons (Fsp3) is 1.00. The third kappa shape index (κ3) is 4.45. The second-order valence-corrected chi connectivity index (χ2v) is 17.1. The van der Waals surface area contributed by atoms with Crippen LogP contribution in [-0.4, -0.2) is 65.9 Å². The van der Waals surface area contributed by atoms with Crippen LogP contribution in [0.15, 0.2) is 0 Å². The maximum absolute atomic E-state index is 10.7. The predicted octanol–water partition coefficient (Wildman–Crippen LogP) is 6.13. The molecular weight excluding hydrogens is 568 g/mol. The van der Waals surface area contributed by atoms with Crippen LogP contribution in [0.5, 0.6) is 0 Å². The van der Waals surface area contributed by atoms with Crippen molar-refractivity contribution >= 4 is 15.9 Å². The van der Waals surface area contributed by atoms with Gasteiger partial charge in [-0.3, -0.25) is 0 Å². The normalized spacial score (nSPS) is 60.8. The van der Waals surface area contributed by atoms with Gasteiger partial charge in [-0.05, 0) is 143 Å². The molecule has 0 spiro atoms. The summed E-state index contributed by atoms with van der Waals surface area (Å²) in [5.41, 5.74) is 0. The van der Waals surface area contributed by atoms with Gasteiger partial charge in [0.25, 0.3) is 0 Å². The quantitative estimate of drug-likeness (QED) is 0.331. The minimum absolute atomic E-state index is 0.134. The summed E-state index contributed by atoms with van der Waals surface area (Å²) >= 11 is 4.36. The van der Waals surface area contributed by atoms with Crippen LogP contribution in [0, 0.1) is 59.2 Å². The minimum atomic E-state index is -0.134. The molecule has 9 rings (SSSR count). The molecule has 0 radical (unpaired) electrons. The number of rotatable bonds is 0. The topological polar surface area (TPSA) is 57.2 Å². The molecule has 40 heavy (non-hydrogen) atoms. The lowest BCUT2D eigenvalue weighted by atomic mass is 9.54. The van der Waals surface area contributed by atoms with Crippen LogP contribution in [0.1, 0.15) is 89.9 Å². The van der Waals surface area contributed by atoms with Gasteiger partial charge in [-0.2, -0.15) is 0 Å². The van der Waals surface area contributed by atoms with Gasteiger partial charge in [0.2, 0.25) is 0 Å². The van der Waals surface area contributed by atoms with E-state index in [1.807, 2.05) is 0 Å². The molecule has 6 heteroatoms. The average molecular weight is 620 g/mol. The number of ether oxygens (including phenoxy) is 4. The zero-order valence-electron chi connectivity index (χ0n) is 24.2. The molecule has 18 unspecified atom stereocenters. The summed E-state index contributed by atoms with van der Waals surface area (Å²) in [6.07, 6.45) is 19.7. The Morgan fingerprint density at radius 2 is 0.975 bits per heavy atom. The van der Waals surface area contributed by atoms with Crippen LogP contribution in [0.4, 0.5) is 0 Å². The number of hydrogen-bond acceptors (Lipinski definition) is 5. The Hall–Kier alpha value is 0.280. The highest BCUT2D eigenvalue weighted by Crippen LogP contribution is 2.59. The van der Waals surface area contributed by atoms with E-state index in [0.717, 1.165) is 55.1 Å². The number of fused-ring (bicyclic) bond motifs is 8. The van der Waals surface area contributed by atoms with Crippen LogP contribution in [0.2, 0.25) is 0 Å². The molecule has 5 saturated carbocycles. The standard InChI is InChI=1S/C34H51BrO5/c35-34-25-10-18-6-17-9-24-27(36)3-5-38-30(24)13-19(17)7-20(18)14-31(25)40-32-15-21-8-23-16-33-28(2-1-4-37-33)39-29(23)12-22(21)11-26(32)34/h17-34,36H,1-16H2. The third-order valence-corrected chi connectivity index (χ3v) is 15.7. The number of alkyl halides is 1. The summed E-state index contributed by atoms with van der Waals surface area (Å²) in [6, 6.07) is 0. The Labute approximate surface area is 249 Å². The molecular formula is C34H51BrO5. The molecule has 0 aromatic heterocycles. The Kier molecular flexibility index (Phi) is 6.95. The first-order valence-corrected chi connectivity index (χ1v) is 18.3. The largest absolute Gasteiger partial charge is 0.393 e. The Morgan fingerprint density at radius 1 is 0.450 bits per heavy atom. The number of aliphatic hydroxyl groups is 1. The Balaban J connectivity index is 0.875. The highest BCUT2D eigenvalue weighted by molar-refractivity contribution is 9.09. The van der Waals surface area contributed by atoms with E-state index in [9.17, 15) is 5.11 Å². The molecule has 4 heterocycles. The summed E-state index contributed by atoms with van der Waals surface area (Å²) in [5.74, 6) is 7.36. The van der Waals surface area contributed by atoms with Gasteiger partial charge in [-0.25, -0.2) is 0 Å². The molecule has 5 aliphatic carbocycles. The molecule has 0 amide bonds. The number of halogens is 1. The lowest BCUT2D eigenvalue weighted by Crippen LogP contribution is -2.58. The van der Waals surface area contributed by atoms with E-state index in [4.69, 9.17) is 18.9 Å². The van der Waals surface area contributed by atoms with Gasteiger partial charge < -0.3 is 24.1 Å². The molecule has 0 aromatic rings. The first-order valence-electron chi connectivity index (χ1n) is 17.4. The Morgan fingerprint density at radius 3 is 1.73 bits per heavy atom. The molecule has 0 aromatic carbocycles. The van der Waals surface area contributed by atoms with Crippen molar-refractivity contribution < 1.29 is 24.1 Å². The van der Waals surface area contributed by atoms with Gasteiger partial charge in [0, 0.05) is 24.0 Å². The second kappa shape index (κ2) is 10.4. The van der Waals surface area contributed by atoms with Crippen molar-refractivity contribution in [3.63, 3.8) is 0 Å². The van der Waals surface area contributed by atoms with Crippen LogP contribution >= 0.6 is 15.9 Å². The van der Waals surface area contributed by atoms with Crippen molar-refractivity contribution in [1.29, 1.82) is 0 Å². The molecule has 9 fully saturated rings. The van der Waals surface area contributed by atoms with Crippen LogP contribution in [-0.2, 0) is 18.9 Å². The van der Waals surface area contributed by atoms with E-state index in [1.54, 1.807) is 0 Å². The molecule has 4 saturated heterocycles. The van der Waals surface area contributed by atoms with E-state index in [1.165, 1.54) is 83.5 Å². The van der Waals surface area contributed by atoms with E-state index >= 15 is 0 Å². The lowest BCUT2D eigenvalue weighted by molar-refractivity contribution is -0.217. The monoisotopic (exact) mass is 618 g/mol. The average Bonchev–Trinajstić information content (AvgIpc) is 2.96. The van der Waals surface area contributed by atoms with Gasteiger partial charge in [-0.1, -0.05) is 15.9 Å². The SMILES string of the molecule is OC1CCOC2CC3CC4CC5OC6CC7CC8CC9OCCCC9OC8CC7CC6C(Br)C5CC4CC3CC12. The van der Waals surface area contributed by atoms with Crippen LogP contribution in [0.25, 0.3) is 0 Å². The molecule has 9 aliphatic rings. The van der Waals surface area contributed by atoms with E-state index in [-0.39, 0.29) is 6.10 Å². The molecule has 18 atom stereocenters. The minimum Gasteiger partial charge on any atom is -0.393 e. The highest BCUT2D eigenvalue weighted by Gasteiger charge is 2.56. The Bertz CT molecular complexity index is 947. The summed E-state index contributed by atoms with van der Waals surface area (Å²) in [6.45, 7) is 1.69. The maximum Gasteiger partial charge on any atom is 0.0841 e. The lowest BCUT2D eigenvalue weighted by Gasteiger charge is -2.59. The molecule has 224 valence electrons. The van der Waals surface area contributed by atoms with Gasteiger partial charge in [0.05, 0.1) is 42.7 Å². The van der Waals surface area contributed by atoms with Crippen LogP contribution in [0.3, 0.4) is 0 Å². The zero-order valence-corrected chi connectivity index (χ0v) is 25.8. The zero-order chi connectivity index (χ0) is 26.5. The van der Waals surface area contributed by atoms with Crippen molar-refractivity contribution in [2.24, 2.45) is 59.2 Å².